The first-order valence-corrected chi connectivity index (χ1v) is 10.1. The minimum Gasteiger partial charge on any atom is -0.495 e. The Hall–Kier alpha value is -2.52. The number of rotatable bonds is 8. The van der Waals surface area contributed by atoms with E-state index < -0.39 is 14.9 Å². The van der Waals surface area contributed by atoms with Gasteiger partial charge >= 0.3 is 0 Å². The lowest BCUT2D eigenvalue weighted by molar-refractivity contribution is -0.384. The molecular formula is C17H18N2O5S2. The molecule has 0 aromatic heterocycles. The predicted molar refractivity (Wildman–Crippen MR) is 103 cm³/mol. The Morgan fingerprint density at radius 2 is 1.92 bits per heavy atom. The van der Waals surface area contributed by atoms with Gasteiger partial charge in [-0.25, -0.2) is 8.42 Å². The molecule has 2 aromatic carbocycles. The van der Waals surface area contributed by atoms with Gasteiger partial charge in [-0.1, -0.05) is 6.08 Å². The first-order chi connectivity index (χ1) is 12.3. The third-order valence-corrected chi connectivity index (χ3v) is 6.12. The standard InChI is InChI=1S/C17H18N2O5S2/c1-4-11-18(16-12-13(19(20)21)5-10-17(16)24-2)26(22,23)15-8-6-14(25-3)7-9-15/h4-10,12H,1,11H2,2-3H3. The van der Waals surface area contributed by atoms with Crippen LogP contribution in [0, 0.1) is 10.1 Å². The SMILES string of the molecule is C=CCN(c1cc([N+](=O)[O-])ccc1OC)S(=O)(=O)c1ccc(SC)cc1. The molecule has 0 fully saturated rings. The average molecular weight is 394 g/mol. The van der Waals surface area contributed by atoms with Crippen LogP contribution >= 0.6 is 11.8 Å². The van der Waals surface area contributed by atoms with Crippen molar-refractivity contribution in [1.82, 2.24) is 0 Å². The maximum Gasteiger partial charge on any atom is 0.271 e. The minimum atomic E-state index is -3.97. The average Bonchev–Trinajstić information content (AvgIpc) is 2.65. The maximum atomic E-state index is 13.1. The number of nitro groups is 1. The van der Waals surface area contributed by atoms with Gasteiger partial charge in [0, 0.05) is 17.0 Å². The number of nitro benzene ring substituents is 1. The molecule has 7 nitrogen and oxygen atoms in total. The second kappa shape index (κ2) is 8.24. The fraction of sp³-hybridized carbons (Fsp3) is 0.176. The highest BCUT2D eigenvalue weighted by atomic mass is 32.2. The van der Waals surface area contributed by atoms with Crippen LogP contribution in [0.4, 0.5) is 11.4 Å². The Labute approximate surface area is 156 Å². The lowest BCUT2D eigenvalue weighted by Gasteiger charge is -2.24. The molecule has 0 atom stereocenters. The van der Waals surface area contributed by atoms with Crippen LogP contribution in [0.15, 0.2) is 64.9 Å². The van der Waals surface area contributed by atoms with E-state index in [1.54, 1.807) is 12.1 Å². The fourth-order valence-electron chi connectivity index (χ4n) is 2.30. The van der Waals surface area contributed by atoms with E-state index in [1.165, 1.54) is 55.3 Å². The summed E-state index contributed by atoms with van der Waals surface area (Å²) in [6.07, 6.45) is 3.30. The number of benzene rings is 2. The van der Waals surface area contributed by atoms with Crippen LogP contribution in [0.3, 0.4) is 0 Å². The van der Waals surface area contributed by atoms with Crippen LogP contribution in [-0.2, 0) is 10.0 Å². The molecule has 0 aliphatic rings. The normalized spacial score (nSPS) is 11.0. The first kappa shape index (κ1) is 19.8. The Morgan fingerprint density at radius 1 is 1.27 bits per heavy atom. The van der Waals surface area contributed by atoms with E-state index in [0.29, 0.717) is 0 Å². The van der Waals surface area contributed by atoms with Crippen molar-refractivity contribution in [1.29, 1.82) is 0 Å². The lowest BCUT2D eigenvalue weighted by Crippen LogP contribution is -2.31. The van der Waals surface area contributed by atoms with Crippen LogP contribution in [-0.4, -0.2) is 33.3 Å². The van der Waals surface area contributed by atoms with E-state index in [-0.39, 0.29) is 28.6 Å². The molecular weight excluding hydrogens is 376 g/mol. The van der Waals surface area contributed by atoms with Crippen molar-refractivity contribution in [3.63, 3.8) is 0 Å². The van der Waals surface area contributed by atoms with Gasteiger partial charge in [0.2, 0.25) is 0 Å². The van der Waals surface area contributed by atoms with Crippen molar-refractivity contribution in [2.24, 2.45) is 0 Å². The number of anilines is 1. The number of non-ortho nitro benzene ring substituents is 1. The molecule has 0 unspecified atom stereocenters. The van der Waals surface area contributed by atoms with E-state index >= 15 is 0 Å². The number of methoxy groups -OCH3 is 1. The van der Waals surface area contributed by atoms with Gasteiger partial charge in [-0.05, 0) is 36.6 Å². The number of hydrogen-bond acceptors (Lipinski definition) is 6. The molecule has 9 heteroatoms. The van der Waals surface area contributed by atoms with Crippen molar-refractivity contribution in [3.05, 3.63) is 65.2 Å². The molecule has 0 heterocycles. The maximum absolute atomic E-state index is 13.1. The number of thioether (sulfide) groups is 1. The molecule has 0 saturated carbocycles. The molecule has 0 aliphatic carbocycles. The van der Waals surface area contributed by atoms with Gasteiger partial charge in [0.1, 0.15) is 11.4 Å². The summed E-state index contributed by atoms with van der Waals surface area (Å²) in [5.41, 5.74) is -0.154. The zero-order valence-corrected chi connectivity index (χ0v) is 15.9. The van der Waals surface area contributed by atoms with Gasteiger partial charge in [-0.15, -0.1) is 18.3 Å². The highest BCUT2D eigenvalue weighted by molar-refractivity contribution is 7.98. The van der Waals surface area contributed by atoms with Gasteiger partial charge in [-0.2, -0.15) is 0 Å². The van der Waals surface area contributed by atoms with Crippen LogP contribution < -0.4 is 9.04 Å². The summed E-state index contributed by atoms with van der Waals surface area (Å²) >= 11 is 1.49. The fourth-order valence-corrected chi connectivity index (χ4v) is 4.15. The molecule has 0 saturated heterocycles. The molecule has 26 heavy (non-hydrogen) atoms. The monoisotopic (exact) mass is 394 g/mol. The molecule has 2 aromatic rings. The van der Waals surface area contributed by atoms with Crippen molar-refractivity contribution in [2.45, 2.75) is 9.79 Å². The van der Waals surface area contributed by atoms with Gasteiger partial charge in [-0.3, -0.25) is 14.4 Å². The zero-order valence-electron chi connectivity index (χ0n) is 14.3. The summed E-state index contributed by atoms with van der Waals surface area (Å²) in [5.74, 6) is 0.210. The molecule has 0 amide bonds. The summed E-state index contributed by atoms with van der Waals surface area (Å²) in [7, 11) is -2.59. The molecule has 0 N–H and O–H groups in total. The Bertz CT molecular complexity index is 911. The first-order valence-electron chi connectivity index (χ1n) is 7.45. The molecule has 0 aliphatic heterocycles. The highest BCUT2D eigenvalue weighted by Crippen LogP contribution is 2.35. The van der Waals surface area contributed by atoms with E-state index in [9.17, 15) is 18.5 Å². The Morgan fingerprint density at radius 3 is 2.42 bits per heavy atom. The van der Waals surface area contributed by atoms with Crippen molar-refractivity contribution in [3.8, 4) is 5.75 Å². The van der Waals surface area contributed by atoms with E-state index in [2.05, 4.69) is 6.58 Å². The van der Waals surface area contributed by atoms with Crippen LogP contribution in [0.1, 0.15) is 0 Å². The van der Waals surface area contributed by atoms with E-state index in [0.717, 1.165) is 9.20 Å². The topological polar surface area (TPSA) is 89.8 Å². The van der Waals surface area contributed by atoms with Gasteiger partial charge in [0.25, 0.3) is 15.7 Å². The largest absolute Gasteiger partial charge is 0.495 e. The highest BCUT2D eigenvalue weighted by Gasteiger charge is 2.28. The lowest BCUT2D eigenvalue weighted by atomic mass is 10.2. The number of sulfonamides is 1. The van der Waals surface area contributed by atoms with Crippen molar-refractivity contribution >= 4 is 33.2 Å². The van der Waals surface area contributed by atoms with Gasteiger partial charge in [0.05, 0.1) is 23.5 Å². The summed E-state index contributed by atoms with van der Waals surface area (Å²) in [4.78, 5) is 11.5. The van der Waals surface area contributed by atoms with E-state index in [1.807, 2.05) is 6.26 Å². The zero-order chi connectivity index (χ0) is 19.3. The molecule has 0 bridgehead atoms. The summed E-state index contributed by atoms with van der Waals surface area (Å²) in [6.45, 7) is 3.52. The summed E-state index contributed by atoms with van der Waals surface area (Å²) in [6, 6.07) is 10.2. The molecule has 2 rings (SSSR count). The van der Waals surface area contributed by atoms with Gasteiger partial charge in [0.15, 0.2) is 0 Å². The summed E-state index contributed by atoms with van der Waals surface area (Å²) in [5, 5.41) is 11.1. The van der Waals surface area contributed by atoms with Crippen molar-refractivity contribution < 1.29 is 18.1 Å². The van der Waals surface area contributed by atoms with Crippen molar-refractivity contribution in [2.75, 3.05) is 24.2 Å². The molecule has 0 spiro atoms. The molecule has 138 valence electrons. The third-order valence-electron chi connectivity index (χ3n) is 3.58. The Kier molecular flexibility index (Phi) is 6.27. The quantitative estimate of drug-likeness (QED) is 0.293. The number of hydrogen-bond donors (Lipinski definition) is 0. The minimum absolute atomic E-state index is 0.0653. The number of ether oxygens (including phenoxy) is 1. The Balaban J connectivity index is 2.62. The van der Waals surface area contributed by atoms with E-state index in [4.69, 9.17) is 4.74 Å². The van der Waals surface area contributed by atoms with Gasteiger partial charge < -0.3 is 4.74 Å². The number of nitrogens with zero attached hydrogens (tertiary/aromatic N) is 2. The van der Waals surface area contributed by atoms with Crippen LogP contribution in [0.25, 0.3) is 0 Å². The predicted octanol–water partition coefficient (Wildman–Crippen LogP) is 3.71. The second-order valence-electron chi connectivity index (χ2n) is 5.11. The second-order valence-corrected chi connectivity index (χ2v) is 7.86. The molecule has 0 radical (unpaired) electrons. The van der Waals surface area contributed by atoms with Crippen LogP contribution in [0.2, 0.25) is 0 Å². The smallest absolute Gasteiger partial charge is 0.271 e. The summed E-state index contributed by atoms with van der Waals surface area (Å²) < 4.78 is 32.5. The van der Waals surface area contributed by atoms with Crippen LogP contribution in [0.5, 0.6) is 5.75 Å². The third kappa shape index (κ3) is 4.00.